The fourth-order valence-electron chi connectivity index (χ4n) is 2.98. The van der Waals surface area contributed by atoms with Gasteiger partial charge in [0.15, 0.2) is 0 Å². The van der Waals surface area contributed by atoms with Crippen molar-refractivity contribution in [3.05, 3.63) is 60.2 Å². The Kier molecular flexibility index (Phi) is 7.73. The Morgan fingerprint density at radius 3 is 2.57 bits per heavy atom. The molecule has 7 nitrogen and oxygen atoms in total. The summed E-state index contributed by atoms with van der Waals surface area (Å²) in [7, 11) is 0. The number of nitrogens with one attached hydrogen (secondary N) is 2. The minimum Gasteiger partial charge on any atom is -0.445 e. The number of rotatable bonds is 8. The van der Waals surface area contributed by atoms with Crippen LogP contribution in [0.2, 0.25) is 0 Å². The van der Waals surface area contributed by atoms with Gasteiger partial charge in [-0.05, 0) is 24.1 Å². The Labute approximate surface area is 180 Å². The molecule has 1 atom stereocenters. The van der Waals surface area contributed by atoms with E-state index in [1.165, 1.54) is 16.7 Å². The van der Waals surface area contributed by atoms with Crippen LogP contribution in [0.1, 0.15) is 18.9 Å². The molecular formula is C22H25N3O4S. The minimum absolute atomic E-state index is 0.0502. The van der Waals surface area contributed by atoms with Crippen molar-refractivity contribution in [1.82, 2.24) is 10.6 Å². The van der Waals surface area contributed by atoms with Gasteiger partial charge in [-0.2, -0.15) is 0 Å². The fourth-order valence-corrected chi connectivity index (χ4v) is 4.14. The number of ether oxygens (including phenoxy) is 1. The maximum Gasteiger partial charge on any atom is 0.407 e. The van der Waals surface area contributed by atoms with E-state index in [-0.39, 0.29) is 31.5 Å². The maximum atomic E-state index is 13.0. The number of benzene rings is 2. The van der Waals surface area contributed by atoms with Crippen LogP contribution in [0, 0.1) is 0 Å². The highest BCUT2D eigenvalue weighted by Crippen LogP contribution is 2.38. The van der Waals surface area contributed by atoms with Crippen molar-refractivity contribution in [3.63, 3.8) is 0 Å². The van der Waals surface area contributed by atoms with E-state index >= 15 is 0 Å². The number of thioether (sulfide) groups is 1. The molecule has 8 heteroatoms. The zero-order valence-electron chi connectivity index (χ0n) is 16.8. The van der Waals surface area contributed by atoms with Gasteiger partial charge in [-0.25, -0.2) is 4.79 Å². The van der Waals surface area contributed by atoms with Gasteiger partial charge in [-0.15, -0.1) is 11.8 Å². The molecular weight excluding hydrogens is 402 g/mol. The molecule has 158 valence electrons. The zero-order valence-corrected chi connectivity index (χ0v) is 17.6. The van der Waals surface area contributed by atoms with Crippen LogP contribution in [0.15, 0.2) is 59.5 Å². The number of para-hydroxylation sites is 1. The summed E-state index contributed by atoms with van der Waals surface area (Å²) < 4.78 is 5.21. The van der Waals surface area contributed by atoms with Crippen LogP contribution in [-0.4, -0.2) is 42.8 Å². The van der Waals surface area contributed by atoms with Crippen LogP contribution in [-0.2, 0) is 20.9 Å². The van der Waals surface area contributed by atoms with Crippen molar-refractivity contribution >= 4 is 35.4 Å². The van der Waals surface area contributed by atoms with Gasteiger partial charge < -0.3 is 20.3 Å². The second-order valence-electron chi connectivity index (χ2n) is 6.79. The number of anilines is 1. The SMILES string of the molecule is CCCNC(=O)CN1C(=O)C(CNC(=O)OCc2ccccc2)Sc2ccccc21. The van der Waals surface area contributed by atoms with Crippen LogP contribution in [0.5, 0.6) is 0 Å². The predicted molar refractivity (Wildman–Crippen MR) is 116 cm³/mol. The highest BCUT2D eigenvalue weighted by molar-refractivity contribution is 8.01. The molecule has 2 N–H and O–H groups in total. The van der Waals surface area contributed by atoms with Crippen LogP contribution < -0.4 is 15.5 Å². The molecule has 1 unspecified atom stereocenters. The van der Waals surface area contributed by atoms with Crippen molar-refractivity contribution < 1.29 is 19.1 Å². The van der Waals surface area contributed by atoms with Crippen LogP contribution in [0.4, 0.5) is 10.5 Å². The van der Waals surface area contributed by atoms with Crippen molar-refractivity contribution in [2.75, 3.05) is 24.5 Å². The molecule has 1 aliphatic heterocycles. The van der Waals surface area contributed by atoms with Gasteiger partial charge in [0.05, 0.1) is 5.69 Å². The maximum absolute atomic E-state index is 13.0. The van der Waals surface area contributed by atoms with Crippen molar-refractivity contribution in [2.24, 2.45) is 0 Å². The molecule has 0 spiro atoms. The molecule has 2 aromatic carbocycles. The Morgan fingerprint density at radius 2 is 1.80 bits per heavy atom. The Hall–Kier alpha value is -3.00. The van der Waals surface area contributed by atoms with Gasteiger partial charge in [-0.3, -0.25) is 9.59 Å². The van der Waals surface area contributed by atoms with Crippen molar-refractivity contribution in [3.8, 4) is 0 Å². The molecule has 30 heavy (non-hydrogen) atoms. The number of fused-ring (bicyclic) bond motifs is 1. The molecule has 3 amide bonds. The normalized spacial score (nSPS) is 15.3. The molecule has 3 rings (SSSR count). The lowest BCUT2D eigenvalue weighted by Crippen LogP contribution is -2.49. The number of hydrogen-bond donors (Lipinski definition) is 2. The van der Waals surface area contributed by atoms with E-state index in [0.717, 1.165) is 16.9 Å². The molecule has 0 aromatic heterocycles. The second-order valence-corrected chi connectivity index (χ2v) is 8.04. The number of carbonyl (C=O) groups is 3. The van der Waals surface area contributed by atoms with Gasteiger partial charge in [0.25, 0.3) is 0 Å². The quantitative estimate of drug-likeness (QED) is 0.676. The van der Waals surface area contributed by atoms with E-state index in [2.05, 4.69) is 10.6 Å². The fraction of sp³-hybridized carbons (Fsp3) is 0.318. The number of carbonyl (C=O) groups excluding carboxylic acids is 3. The first-order chi connectivity index (χ1) is 14.6. The highest BCUT2D eigenvalue weighted by atomic mass is 32.2. The van der Waals surface area contributed by atoms with Crippen molar-refractivity contribution in [2.45, 2.75) is 30.1 Å². The van der Waals surface area contributed by atoms with E-state index in [4.69, 9.17) is 4.74 Å². The van der Waals surface area contributed by atoms with E-state index in [1.807, 2.05) is 61.5 Å². The van der Waals surface area contributed by atoms with Gasteiger partial charge in [0.2, 0.25) is 11.8 Å². The standard InChI is InChI=1S/C22H25N3O4S/c1-2-12-23-20(26)14-25-17-10-6-7-11-18(17)30-19(21(25)27)13-24-22(28)29-15-16-8-4-3-5-9-16/h3-11,19H,2,12-15H2,1H3,(H,23,26)(H,24,28). The molecule has 1 aliphatic rings. The van der Waals surface area contributed by atoms with E-state index in [0.29, 0.717) is 12.2 Å². The first kappa shape index (κ1) is 21.7. The summed E-state index contributed by atoms with van der Waals surface area (Å²) in [4.78, 5) is 39.7. The van der Waals surface area contributed by atoms with E-state index < -0.39 is 11.3 Å². The average molecular weight is 428 g/mol. The third-order valence-corrected chi connectivity index (χ3v) is 5.74. The summed E-state index contributed by atoms with van der Waals surface area (Å²) in [5.74, 6) is -0.422. The summed E-state index contributed by atoms with van der Waals surface area (Å²) in [6, 6.07) is 16.8. The molecule has 0 aliphatic carbocycles. The summed E-state index contributed by atoms with van der Waals surface area (Å²) in [6.07, 6.45) is 0.238. The summed E-state index contributed by atoms with van der Waals surface area (Å²) in [5.41, 5.74) is 1.59. The van der Waals surface area contributed by atoms with Crippen LogP contribution in [0.3, 0.4) is 0 Å². The molecule has 0 fully saturated rings. The zero-order chi connectivity index (χ0) is 21.3. The van der Waals surface area contributed by atoms with Gasteiger partial charge in [-0.1, -0.05) is 49.4 Å². The van der Waals surface area contributed by atoms with Gasteiger partial charge in [0.1, 0.15) is 18.4 Å². The van der Waals surface area contributed by atoms with Crippen molar-refractivity contribution in [1.29, 1.82) is 0 Å². The third kappa shape index (κ3) is 5.76. The number of hydrogen-bond acceptors (Lipinski definition) is 5. The van der Waals surface area contributed by atoms with Crippen LogP contribution >= 0.6 is 11.8 Å². The highest BCUT2D eigenvalue weighted by Gasteiger charge is 2.34. The lowest BCUT2D eigenvalue weighted by atomic mass is 10.2. The minimum atomic E-state index is -0.585. The lowest BCUT2D eigenvalue weighted by Gasteiger charge is -2.33. The number of nitrogens with zero attached hydrogens (tertiary/aromatic N) is 1. The molecule has 2 aromatic rings. The molecule has 0 saturated carbocycles. The predicted octanol–water partition coefficient (Wildman–Crippen LogP) is 2.95. The first-order valence-electron chi connectivity index (χ1n) is 9.86. The Morgan fingerprint density at radius 1 is 1.07 bits per heavy atom. The Balaban J connectivity index is 1.60. The average Bonchev–Trinajstić information content (AvgIpc) is 2.77. The molecule has 0 saturated heterocycles. The summed E-state index contributed by atoms with van der Waals surface area (Å²) >= 11 is 1.38. The smallest absolute Gasteiger partial charge is 0.407 e. The summed E-state index contributed by atoms with van der Waals surface area (Å²) in [6.45, 7) is 2.75. The Bertz CT molecular complexity index is 891. The van der Waals surface area contributed by atoms with E-state index in [1.54, 1.807) is 0 Å². The number of amides is 3. The second kappa shape index (κ2) is 10.7. The number of alkyl carbamates (subject to hydrolysis) is 1. The third-order valence-electron chi connectivity index (χ3n) is 4.49. The van der Waals surface area contributed by atoms with Crippen LogP contribution in [0.25, 0.3) is 0 Å². The lowest BCUT2D eigenvalue weighted by molar-refractivity contribution is -0.123. The molecule has 1 heterocycles. The summed E-state index contributed by atoms with van der Waals surface area (Å²) in [5, 5.41) is 4.92. The largest absolute Gasteiger partial charge is 0.445 e. The van der Waals surface area contributed by atoms with Gasteiger partial charge in [0, 0.05) is 18.0 Å². The van der Waals surface area contributed by atoms with E-state index in [9.17, 15) is 14.4 Å². The topological polar surface area (TPSA) is 87.7 Å². The van der Waals surface area contributed by atoms with Gasteiger partial charge >= 0.3 is 6.09 Å². The monoisotopic (exact) mass is 427 g/mol. The molecule has 0 radical (unpaired) electrons. The first-order valence-corrected chi connectivity index (χ1v) is 10.7. The molecule has 0 bridgehead atoms.